The van der Waals surface area contributed by atoms with Crippen LogP contribution in [0.3, 0.4) is 0 Å². The molecule has 8 heteroatoms. The number of morpholine rings is 1. The Hall–Kier alpha value is -1.93. The predicted octanol–water partition coefficient (Wildman–Crippen LogP) is -0.299. The van der Waals surface area contributed by atoms with Gasteiger partial charge in [-0.2, -0.15) is 5.10 Å². The summed E-state index contributed by atoms with van der Waals surface area (Å²) < 4.78 is 12.7. The van der Waals surface area contributed by atoms with Gasteiger partial charge < -0.3 is 20.1 Å². The number of primary amides is 1. The Balaban J connectivity index is 1.97. The summed E-state index contributed by atoms with van der Waals surface area (Å²) in [5.74, 6) is -0.461. The van der Waals surface area contributed by atoms with Gasteiger partial charge in [0.05, 0.1) is 26.2 Å². The van der Waals surface area contributed by atoms with Crippen LogP contribution in [0.2, 0.25) is 0 Å². The van der Waals surface area contributed by atoms with Crippen molar-refractivity contribution in [1.29, 1.82) is 0 Å². The van der Waals surface area contributed by atoms with Crippen molar-refractivity contribution in [2.75, 3.05) is 33.4 Å². The van der Waals surface area contributed by atoms with E-state index in [1.54, 1.807) is 15.8 Å². The molecule has 0 radical (unpaired) electrons. The van der Waals surface area contributed by atoms with Crippen LogP contribution in [0.4, 0.5) is 0 Å². The molecule has 0 aromatic carbocycles. The molecule has 0 spiro atoms. The van der Waals surface area contributed by atoms with Gasteiger partial charge in [-0.25, -0.2) is 0 Å². The van der Waals surface area contributed by atoms with Crippen molar-refractivity contribution in [3.63, 3.8) is 0 Å². The highest BCUT2D eigenvalue weighted by atomic mass is 16.5. The number of hydrogen-bond donors (Lipinski definition) is 1. The Kier molecular flexibility index (Phi) is 5.73. The fourth-order valence-corrected chi connectivity index (χ4v) is 2.88. The van der Waals surface area contributed by atoms with Crippen molar-refractivity contribution < 1.29 is 19.1 Å². The standard InChI is InChI=1S/C15H24N4O4/c1-12-3-5-17-19(12)6-4-14(21)18-7-8-23-15(10-18,11-22-2)9-13(16)20/h3,5H,4,6-11H2,1-2H3,(H2,16,20)/t15-/m1/s1. The van der Waals surface area contributed by atoms with Gasteiger partial charge in [-0.1, -0.05) is 0 Å². The van der Waals surface area contributed by atoms with Crippen LogP contribution in [0.15, 0.2) is 12.3 Å². The first-order chi connectivity index (χ1) is 11.0. The SMILES string of the molecule is COC[C@@]1(CC(N)=O)CN(C(=O)CCn2nccc2C)CCO1. The zero-order valence-electron chi connectivity index (χ0n) is 13.7. The van der Waals surface area contributed by atoms with E-state index in [0.717, 1.165) is 5.69 Å². The molecular formula is C15H24N4O4. The Morgan fingerprint density at radius 2 is 2.30 bits per heavy atom. The molecule has 1 saturated heterocycles. The third-order valence-corrected chi connectivity index (χ3v) is 3.97. The third kappa shape index (κ3) is 4.52. The van der Waals surface area contributed by atoms with E-state index in [-0.39, 0.29) is 18.9 Å². The van der Waals surface area contributed by atoms with Crippen molar-refractivity contribution in [2.24, 2.45) is 5.73 Å². The van der Waals surface area contributed by atoms with E-state index in [4.69, 9.17) is 15.2 Å². The molecule has 2 amide bonds. The second kappa shape index (κ2) is 7.56. The number of hydrogen-bond acceptors (Lipinski definition) is 5. The topological polar surface area (TPSA) is 99.7 Å². The highest BCUT2D eigenvalue weighted by Crippen LogP contribution is 2.23. The summed E-state index contributed by atoms with van der Waals surface area (Å²) in [6, 6.07) is 1.90. The molecule has 2 heterocycles. The number of carbonyl (C=O) groups is 2. The third-order valence-electron chi connectivity index (χ3n) is 3.97. The Morgan fingerprint density at radius 1 is 1.52 bits per heavy atom. The Labute approximate surface area is 135 Å². The van der Waals surface area contributed by atoms with Crippen molar-refractivity contribution >= 4 is 11.8 Å². The fraction of sp³-hybridized carbons (Fsp3) is 0.667. The maximum absolute atomic E-state index is 12.5. The number of aromatic nitrogens is 2. The lowest BCUT2D eigenvalue weighted by Crippen LogP contribution is -2.57. The summed E-state index contributed by atoms with van der Waals surface area (Å²) in [7, 11) is 1.54. The first-order valence-electron chi connectivity index (χ1n) is 7.63. The minimum atomic E-state index is -0.851. The Bertz CT molecular complexity index is 555. The molecule has 1 fully saturated rings. The monoisotopic (exact) mass is 324 g/mol. The van der Waals surface area contributed by atoms with Gasteiger partial charge in [-0.05, 0) is 13.0 Å². The largest absolute Gasteiger partial charge is 0.382 e. The molecule has 1 aromatic heterocycles. The summed E-state index contributed by atoms with van der Waals surface area (Å²) in [4.78, 5) is 25.5. The first kappa shape index (κ1) is 17.4. The molecule has 0 saturated carbocycles. The van der Waals surface area contributed by atoms with E-state index >= 15 is 0 Å². The molecule has 1 aliphatic rings. The summed E-state index contributed by atoms with van der Waals surface area (Å²) in [5, 5.41) is 4.17. The van der Waals surface area contributed by atoms with Gasteiger partial charge in [0.25, 0.3) is 0 Å². The van der Waals surface area contributed by atoms with Crippen molar-refractivity contribution in [1.82, 2.24) is 14.7 Å². The van der Waals surface area contributed by atoms with Crippen molar-refractivity contribution in [2.45, 2.75) is 31.9 Å². The number of nitrogens with zero attached hydrogens (tertiary/aromatic N) is 3. The van der Waals surface area contributed by atoms with E-state index in [1.165, 1.54) is 7.11 Å². The second-order valence-corrected chi connectivity index (χ2v) is 5.87. The van der Waals surface area contributed by atoms with Crippen molar-refractivity contribution in [3.8, 4) is 0 Å². The van der Waals surface area contributed by atoms with E-state index in [2.05, 4.69) is 5.10 Å². The van der Waals surface area contributed by atoms with Crippen LogP contribution in [0.5, 0.6) is 0 Å². The second-order valence-electron chi connectivity index (χ2n) is 5.87. The minimum Gasteiger partial charge on any atom is -0.382 e. The smallest absolute Gasteiger partial charge is 0.224 e. The lowest BCUT2D eigenvalue weighted by Gasteiger charge is -2.41. The van der Waals surface area contributed by atoms with E-state index in [0.29, 0.717) is 32.7 Å². The van der Waals surface area contributed by atoms with Crippen LogP contribution in [-0.4, -0.2) is 65.5 Å². The molecule has 1 aliphatic heterocycles. The molecule has 2 rings (SSSR count). The van der Waals surface area contributed by atoms with E-state index in [9.17, 15) is 9.59 Å². The van der Waals surface area contributed by atoms with Gasteiger partial charge in [0, 0.05) is 38.5 Å². The van der Waals surface area contributed by atoms with Crippen LogP contribution in [0.1, 0.15) is 18.5 Å². The maximum Gasteiger partial charge on any atom is 0.224 e. The maximum atomic E-state index is 12.5. The Morgan fingerprint density at radius 3 is 2.91 bits per heavy atom. The molecule has 0 aliphatic carbocycles. The zero-order chi connectivity index (χ0) is 16.9. The lowest BCUT2D eigenvalue weighted by molar-refractivity contribution is -0.166. The average Bonchev–Trinajstić information content (AvgIpc) is 2.89. The van der Waals surface area contributed by atoms with Crippen molar-refractivity contribution in [3.05, 3.63) is 18.0 Å². The molecule has 1 aromatic rings. The quantitative estimate of drug-likeness (QED) is 0.742. The normalized spacial score (nSPS) is 21.4. The number of ether oxygens (including phenoxy) is 2. The molecule has 1 atom stereocenters. The van der Waals surface area contributed by atoms with Crippen LogP contribution >= 0.6 is 0 Å². The molecular weight excluding hydrogens is 300 g/mol. The molecule has 128 valence electrons. The predicted molar refractivity (Wildman–Crippen MR) is 82.5 cm³/mol. The number of amides is 2. The van der Waals surface area contributed by atoms with Gasteiger partial charge in [0.1, 0.15) is 5.60 Å². The highest BCUT2D eigenvalue weighted by Gasteiger charge is 2.39. The van der Waals surface area contributed by atoms with E-state index in [1.807, 2.05) is 13.0 Å². The first-order valence-corrected chi connectivity index (χ1v) is 7.63. The molecule has 0 unspecified atom stereocenters. The zero-order valence-corrected chi connectivity index (χ0v) is 13.7. The average molecular weight is 324 g/mol. The van der Waals surface area contributed by atoms with E-state index < -0.39 is 11.5 Å². The van der Waals surface area contributed by atoms with Crippen LogP contribution in [-0.2, 0) is 25.6 Å². The summed E-state index contributed by atoms with van der Waals surface area (Å²) in [6.45, 7) is 3.87. The fourth-order valence-electron chi connectivity index (χ4n) is 2.88. The van der Waals surface area contributed by atoms with Gasteiger partial charge >= 0.3 is 0 Å². The molecule has 23 heavy (non-hydrogen) atoms. The van der Waals surface area contributed by atoms with Gasteiger partial charge in [-0.3, -0.25) is 14.3 Å². The number of nitrogens with two attached hydrogens (primary N) is 1. The van der Waals surface area contributed by atoms with Gasteiger partial charge in [0.2, 0.25) is 11.8 Å². The number of carbonyl (C=O) groups excluding carboxylic acids is 2. The number of methoxy groups -OCH3 is 1. The molecule has 0 bridgehead atoms. The number of aryl methyl sites for hydroxylation is 2. The van der Waals surface area contributed by atoms with Crippen LogP contribution in [0.25, 0.3) is 0 Å². The summed E-state index contributed by atoms with van der Waals surface area (Å²) >= 11 is 0. The minimum absolute atomic E-state index is 0.00754. The van der Waals surface area contributed by atoms with Crippen LogP contribution < -0.4 is 5.73 Å². The molecule has 2 N–H and O–H groups in total. The molecule has 8 nitrogen and oxygen atoms in total. The van der Waals surface area contributed by atoms with Crippen LogP contribution in [0, 0.1) is 6.92 Å². The highest BCUT2D eigenvalue weighted by molar-refractivity contribution is 5.77. The number of rotatable bonds is 7. The lowest BCUT2D eigenvalue weighted by atomic mass is 9.97. The van der Waals surface area contributed by atoms with Gasteiger partial charge in [0.15, 0.2) is 0 Å². The van der Waals surface area contributed by atoms with Gasteiger partial charge in [-0.15, -0.1) is 0 Å². The summed E-state index contributed by atoms with van der Waals surface area (Å²) in [6.07, 6.45) is 2.09. The summed E-state index contributed by atoms with van der Waals surface area (Å²) in [5.41, 5.74) is 5.48.